The Bertz CT molecular complexity index is 1040. The molecule has 1 rings (SSSR count). The summed E-state index contributed by atoms with van der Waals surface area (Å²) in [5.74, 6) is -0.176. The van der Waals surface area contributed by atoms with Gasteiger partial charge in [-0.3, -0.25) is 4.79 Å². The molecular formula is C54H103NO8. The molecule has 1 saturated heterocycles. The SMILES string of the molecule is CCCCCCCC/C=C\CCCCCCCCCCCC(=O)NC(COC1OC(CO)C(O)C(O)C1O)C(O)/C=C/CCCCCCCCCCCCCCCCCCCCC. The average Bonchev–Trinajstić information content (AvgIpc) is 3.28. The second-order valence-electron chi connectivity index (χ2n) is 19.0. The maximum atomic E-state index is 13.0. The molecule has 0 spiro atoms. The average molecular weight is 894 g/mol. The van der Waals surface area contributed by atoms with E-state index in [4.69, 9.17) is 9.47 Å². The van der Waals surface area contributed by atoms with Crippen molar-refractivity contribution >= 4 is 5.91 Å². The third-order valence-corrected chi connectivity index (χ3v) is 13.0. The van der Waals surface area contributed by atoms with E-state index in [1.165, 1.54) is 199 Å². The fourth-order valence-corrected chi connectivity index (χ4v) is 8.68. The number of aliphatic hydroxyl groups excluding tert-OH is 5. The number of allylic oxidation sites excluding steroid dienone is 3. The Morgan fingerprint density at radius 3 is 1.29 bits per heavy atom. The number of aliphatic hydroxyl groups is 5. The molecule has 0 radical (unpaired) electrons. The van der Waals surface area contributed by atoms with Crippen LogP contribution >= 0.6 is 0 Å². The number of ether oxygens (including phenoxy) is 2. The van der Waals surface area contributed by atoms with Crippen LogP contribution in [0.5, 0.6) is 0 Å². The summed E-state index contributed by atoms with van der Waals surface area (Å²) >= 11 is 0. The van der Waals surface area contributed by atoms with Gasteiger partial charge in [-0.25, -0.2) is 0 Å². The first kappa shape index (κ1) is 59.7. The molecule has 0 saturated carbocycles. The van der Waals surface area contributed by atoms with Crippen LogP contribution in [0.2, 0.25) is 0 Å². The van der Waals surface area contributed by atoms with Crippen molar-refractivity contribution in [1.82, 2.24) is 5.32 Å². The molecule has 372 valence electrons. The number of carbonyl (C=O) groups excluding carboxylic acids is 1. The van der Waals surface area contributed by atoms with Crippen LogP contribution in [0.1, 0.15) is 258 Å². The van der Waals surface area contributed by atoms with Gasteiger partial charge in [-0.2, -0.15) is 0 Å². The number of amides is 1. The van der Waals surface area contributed by atoms with E-state index in [0.717, 1.165) is 38.5 Å². The van der Waals surface area contributed by atoms with E-state index >= 15 is 0 Å². The molecule has 7 atom stereocenters. The fourth-order valence-electron chi connectivity index (χ4n) is 8.68. The number of nitrogens with one attached hydrogen (secondary N) is 1. The summed E-state index contributed by atoms with van der Waals surface area (Å²) < 4.78 is 11.3. The van der Waals surface area contributed by atoms with Crippen molar-refractivity contribution in [2.75, 3.05) is 13.2 Å². The Kier molecular flexibility index (Phi) is 42.2. The molecule has 0 bridgehead atoms. The lowest BCUT2D eigenvalue weighted by Crippen LogP contribution is -2.60. The molecular weight excluding hydrogens is 791 g/mol. The molecule has 0 aromatic rings. The topological polar surface area (TPSA) is 149 Å². The van der Waals surface area contributed by atoms with Crippen molar-refractivity contribution in [2.45, 2.75) is 301 Å². The molecule has 1 amide bonds. The van der Waals surface area contributed by atoms with Crippen molar-refractivity contribution in [3.05, 3.63) is 24.3 Å². The summed E-state index contributed by atoms with van der Waals surface area (Å²) in [6.07, 6.45) is 48.0. The molecule has 9 nitrogen and oxygen atoms in total. The lowest BCUT2D eigenvalue weighted by molar-refractivity contribution is -0.302. The minimum absolute atomic E-state index is 0.176. The lowest BCUT2D eigenvalue weighted by Gasteiger charge is -2.40. The van der Waals surface area contributed by atoms with E-state index in [2.05, 4.69) is 31.3 Å². The molecule has 1 heterocycles. The van der Waals surface area contributed by atoms with Gasteiger partial charge in [0.05, 0.1) is 25.4 Å². The number of unbranched alkanes of at least 4 members (excludes halogenated alkanes) is 34. The minimum atomic E-state index is -1.57. The fraction of sp³-hybridized carbons (Fsp3) is 0.907. The van der Waals surface area contributed by atoms with Crippen molar-refractivity contribution in [3.63, 3.8) is 0 Å². The zero-order chi connectivity index (χ0) is 45.9. The van der Waals surface area contributed by atoms with Crippen molar-refractivity contribution in [2.24, 2.45) is 0 Å². The molecule has 1 aliphatic rings. The van der Waals surface area contributed by atoms with Crippen LogP contribution in [0.3, 0.4) is 0 Å². The maximum Gasteiger partial charge on any atom is 0.220 e. The second-order valence-corrected chi connectivity index (χ2v) is 19.0. The molecule has 0 aliphatic carbocycles. The van der Waals surface area contributed by atoms with Gasteiger partial charge < -0.3 is 40.3 Å². The van der Waals surface area contributed by atoms with Gasteiger partial charge in [0.25, 0.3) is 0 Å². The van der Waals surface area contributed by atoms with Gasteiger partial charge in [0, 0.05) is 6.42 Å². The van der Waals surface area contributed by atoms with Crippen molar-refractivity contribution in [1.29, 1.82) is 0 Å². The van der Waals surface area contributed by atoms with Crippen LogP contribution < -0.4 is 5.32 Å². The van der Waals surface area contributed by atoms with Gasteiger partial charge in [-0.05, 0) is 44.9 Å². The zero-order valence-electron chi connectivity index (χ0n) is 41.1. The summed E-state index contributed by atoms with van der Waals surface area (Å²) in [4.78, 5) is 13.0. The third-order valence-electron chi connectivity index (χ3n) is 13.0. The van der Waals surface area contributed by atoms with Crippen molar-refractivity contribution < 1.29 is 39.8 Å². The number of rotatable bonds is 46. The Morgan fingerprint density at radius 2 is 0.889 bits per heavy atom. The van der Waals surface area contributed by atoms with E-state index < -0.39 is 49.5 Å². The smallest absolute Gasteiger partial charge is 0.220 e. The van der Waals surface area contributed by atoms with Gasteiger partial charge in [-0.1, -0.05) is 231 Å². The molecule has 6 N–H and O–H groups in total. The second kappa shape index (κ2) is 44.5. The standard InChI is InChI=1S/C54H103NO8/c1-3-5-7-9-11-13-15-17-19-21-23-24-26-27-29-31-33-35-37-39-41-43-48(57)47(46-62-54-53(61)52(60)51(59)49(45-56)63-54)55-50(58)44-42-40-38-36-34-32-30-28-25-22-20-18-16-14-12-10-8-6-4-2/h18,20,41,43,47-49,51-54,56-57,59-61H,3-17,19,21-40,42,44-46H2,1-2H3,(H,55,58)/b20-18-,43-41+. The predicted octanol–water partition coefficient (Wildman–Crippen LogP) is 12.6. The minimum Gasteiger partial charge on any atom is -0.394 e. The number of hydrogen-bond acceptors (Lipinski definition) is 8. The molecule has 0 aromatic heterocycles. The Labute approximate surface area is 388 Å². The maximum absolute atomic E-state index is 13.0. The zero-order valence-corrected chi connectivity index (χ0v) is 41.1. The van der Waals surface area contributed by atoms with Crippen LogP contribution in [-0.2, 0) is 14.3 Å². The normalized spacial score (nSPS) is 20.3. The van der Waals surface area contributed by atoms with Crippen LogP contribution in [-0.4, -0.2) is 87.5 Å². The summed E-state index contributed by atoms with van der Waals surface area (Å²) in [6.45, 7) is 3.80. The highest BCUT2D eigenvalue weighted by molar-refractivity contribution is 5.76. The van der Waals surface area contributed by atoms with Crippen molar-refractivity contribution in [3.8, 4) is 0 Å². The Balaban J connectivity index is 2.27. The Hall–Kier alpha value is -1.33. The first-order chi connectivity index (χ1) is 30.8. The number of hydrogen-bond donors (Lipinski definition) is 6. The first-order valence-corrected chi connectivity index (χ1v) is 27.1. The van der Waals surface area contributed by atoms with E-state index in [1.54, 1.807) is 6.08 Å². The Morgan fingerprint density at radius 1 is 0.524 bits per heavy atom. The molecule has 0 aromatic carbocycles. The first-order valence-electron chi connectivity index (χ1n) is 27.1. The van der Waals surface area contributed by atoms with E-state index in [0.29, 0.717) is 6.42 Å². The molecule has 9 heteroatoms. The quantitative estimate of drug-likeness (QED) is 0.0261. The highest BCUT2D eigenvalue weighted by Crippen LogP contribution is 2.23. The number of carbonyl (C=O) groups is 1. The monoisotopic (exact) mass is 894 g/mol. The molecule has 63 heavy (non-hydrogen) atoms. The third kappa shape index (κ3) is 34.6. The van der Waals surface area contributed by atoms with Crippen LogP contribution in [0.15, 0.2) is 24.3 Å². The molecule has 7 unspecified atom stereocenters. The van der Waals surface area contributed by atoms with Gasteiger partial charge in [-0.15, -0.1) is 0 Å². The highest BCUT2D eigenvalue weighted by Gasteiger charge is 2.44. The van der Waals surface area contributed by atoms with Gasteiger partial charge in [0.2, 0.25) is 5.91 Å². The largest absolute Gasteiger partial charge is 0.394 e. The molecule has 1 aliphatic heterocycles. The van der Waals surface area contributed by atoms with Gasteiger partial charge in [0.15, 0.2) is 6.29 Å². The van der Waals surface area contributed by atoms with Crippen LogP contribution in [0, 0.1) is 0 Å². The highest BCUT2D eigenvalue weighted by atomic mass is 16.7. The summed E-state index contributed by atoms with van der Waals surface area (Å²) in [5.41, 5.74) is 0. The van der Waals surface area contributed by atoms with Crippen LogP contribution in [0.25, 0.3) is 0 Å². The van der Waals surface area contributed by atoms with Crippen LogP contribution in [0.4, 0.5) is 0 Å². The van der Waals surface area contributed by atoms with E-state index in [9.17, 15) is 30.3 Å². The predicted molar refractivity (Wildman–Crippen MR) is 263 cm³/mol. The summed E-state index contributed by atoms with van der Waals surface area (Å²) in [5, 5.41) is 54.4. The van der Waals surface area contributed by atoms with Gasteiger partial charge >= 0.3 is 0 Å². The summed E-state index contributed by atoms with van der Waals surface area (Å²) in [6, 6.07) is -0.804. The lowest BCUT2D eigenvalue weighted by atomic mass is 9.99. The summed E-state index contributed by atoms with van der Waals surface area (Å²) in [7, 11) is 0. The molecule has 1 fully saturated rings. The van der Waals surface area contributed by atoms with E-state index in [1.807, 2.05) is 6.08 Å². The van der Waals surface area contributed by atoms with E-state index in [-0.39, 0.29) is 12.5 Å². The van der Waals surface area contributed by atoms with Gasteiger partial charge in [0.1, 0.15) is 24.4 Å².